The first-order valence-corrected chi connectivity index (χ1v) is 15.3. The Morgan fingerprint density at radius 2 is 1.75 bits per heavy atom. The van der Waals surface area contributed by atoms with Gasteiger partial charge >= 0.3 is 0 Å². The lowest BCUT2D eigenvalue weighted by Crippen LogP contribution is -2.55. The molecule has 0 spiro atoms. The number of piperidine rings is 1. The number of hydrogen-bond acceptors (Lipinski definition) is 7. The largest absolute Gasteiger partial charge is 0.457 e. The van der Waals surface area contributed by atoms with E-state index in [1.54, 1.807) is 0 Å². The average molecular weight is 589 g/mol. The monoisotopic (exact) mass is 588 g/mol. The third kappa shape index (κ3) is 5.43. The summed E-state index contributed by atoms with van der Waals surface area (Å²) in [7, 11) is 0. The van der Waals surface area contributed by atoms with Gasteiger partial charge in [0, 0.05) is 50.3 Å². The van der Waals surface area contributed by atoms with Crippen molar-refractivity contribution in [2.45, 2.75) is 31.3 Å². The highest BCUT2D eigenvalue weighted by atomic mass is 16.5. The Morgan fingerprint density at radius 1 is 1.00 bits per heavy atom. The van der Waals surface area contributed by atoms with Gasteiger partial charge in [-0.25, -0.2) is 9.97 Å². The SMILES string of the molecule is C=CC(=O)N1CCC(N2CC(C#Cc3c(-c4ccc(Oc5ccccc5)cc4)c4c(N)ncnc4n3[C@@H]3CCOC3)C2)CC1. The van der Waals surface area contributed by atoms with E-state index in [4.69, 9.17) is 20.2 Å². The first-order chi connectivity index (χ1) is 21.6. The summed E-state index contributed by atoms with van der Waals surface area (Å²) < 4.78 is 14.1. The lowest BCUT2D eigenvalue weighted by atomic mass is 9.93. The van der Waals surface area contributed by atoms with Crippen LogP contribution in [0.4, 0.5) is 5.82 Å². The van der Waals surface area contributed by atoms with Gasteiger partial charge in [-0.1, -0.05) is 42.8 Å². The topological polar surface area (TPSA) is 98.7 Å². The molecule has 3 fully saturated rings. The van der Waals surface area contributed by atoms with E-state index < -0.39 is 0 Å². The average Bonchev–Trinajstić information content (AvgIpc) is 3.68. The number of carbonyl (C=O) groups is 1. The fourth-order valence-corrected chi connectivity index (χ4v) is 6.61. The summed E-state index contributed by atoms with van der Waals surface area (Å²) >= 11 is 0. The molecule has 0 aliphatic carbocycles. The van der Waals surface area contributed by atoms with Crippen LogP contribution in [0.15, 0.2) is 73.6 Å². The van der Waals surface area contributed by atoms with Gasteiger partial charge in [0.15, 0.2) is 0 Å². The molecule has 2 aromatic heterocycles. The molecule has 44 heavy (non-hydrogen) atoms. The molecule has 9 nitrogen and oxygen atoms in total. The number of rotatable bonds is 6. The van der Waals surface area contributed by atoms with Crippen LogP contribution >= 0.6 is 0 Å². The molecule has 0 bridgehead atoms. The zero-order valence-electron chi connectivity index (χ0n) is 24.7. The second-order valence-corrected chi connectivity index (χ2v) is 11.7. The van der Waals surface area contributed by atoms with E-state index in [9.17, 15) is 4.79 Å². The summed E-state index contributed by atoms with van der Waals surface area (Å²) in [6.45, 7) is 8.37. The number of anilines is 1. The minimum absolute atomic E-state index is 0.0262. The van der Waals surface area contributed by atoms with E-state index in [1.807, 2.05) is 47.4 Å². The van der Waals surface area contributed by atoms with E-state index in [0.717, 1.165) is 84.8 Å². The minimum Gasteiger partial charge on any atom is -0.457 e. The second kappa shape index (κ2) is 12.2. The quantitative estimate of drug-likeness (QED) is 0.253. The molecule has 2 N–H and O–H groups in total. The predicted molar refractivity (Wildman–Crippen MR) is 170 cm³/mol. The van der Waals surface area contributed by atoms with Gasteiger partial charge in [-0.3, -0.25) is 9.69 Å². The van der Waals surface area contributed by atoms with E-state index in [-0.39, 0.29) is 17.9 Å². The van der Waals surface area contributed by atoms with Crippen molar-refractivity contribution in [3.63, 3.8) is 0 Å². The lowest BCUT2D eigenvalue weighted by molar-refractivity contribution is -0.127. The Labute approximate surface area is 257 Å². The van der Waals surface area contributed by atoms with Gasteiger partial charge < -0.3 is 24.7 Å². The van der Waals surface area contributed by atoms with Crippen molar-refractivity contribution in [3.05, 3.63) is 79.3 Å². The first-order valence-electron chi connectivity index (χ1n) is 15.3. The van der Waals surface area contributed by atoms with Gasteiger partial charge in [-0.2, -0.15) is 0 Å². The summed E-state index contributed by atoms with van der Waals surface area (Å²) in [4.78, 5) is 25.4. The molecule has 0 saturated carbocycles. The normalized spacial score (nSPS) is 19.4. The molecule has 4 aromatic rings. The Bertz CT molecular complexity index is 1720. The summed E-state index contributed by atoms with van der Waals surface area (Å²) in [5.74, 6) is 9.46. The van der Waals surface area contributed by atoms with Crippen LogP contribution in [0, 0.1) is 17.8 Å². The van der Waals surface area contributed by atoms with Crippen LogP contribution in [0.3, 0.4) is 0 Å². The zero-order valence-corrected chi connectivity index (χ0v) is 24.7. The number of hydrogen-bond donors (Lipinski definition) is 1. The number of amides is 1. The molecule has 1 atom stereocenters. The van der Waals surface area contributed by atoms with Crippen LogP contribution in [0.2, 0.25) is 0 Å². The molecule has 3 saturated heterocycles. The number of nitrogens with zero attached hydrogens (tertiary/aromatic N) is 5. The minimum atomic E-state index is 0.0262. The van der Waals surface area contributed by atoms with Gasteiger partial charge in [0.1, 0.15) is 35.0 Å². The molecule has 9 heteroatoms. The maximum Gasteiger partial charge on any atom is 0.245 e. The predicted octanol–water partition coefficient (Wildman–Crippen LogP) is 4.89. The highest BCUT2D eigenvalue weighted by Crippen LogP contribution is 2.40. The third-order valence-corrected chi connectivity index (χ3v) is 8.98. The summed E-state index contributed by atoms with van der Waals surface area (Å²) in [6.07, 6.45) is 5.80. The van der Waals surface area contributed by atoms with Crippen LogP contribution in [-0.4, -0.2) is 75.7 Å². The number of aromatic nitrogens is 3. The van der Waals surface area contributed by atoms with Crippen LogP contribution in [0.5, 0.6) is 11.5 Å². The van der Waals surface area contributed by atoms with E-state index >= 15 is 0 Å². The van der Waals surface area contributed by atoms with Gasteiger partial charge in [-0.15, -0.1) is 0 Å². The van der Waals surface area contributed by atoms with Crippen LogP contribution in [0.25, 0.3) is 22.2 Å². The van der Waals surface area contributed by atoms with Gasteiger partial charge in [0.2, 0.25) is 5.91 Å². The lowest BCUT2D eigenvalue weighted by Gasteiger charge is -2.45. The standard InChI is InChI=1S/C35H36N6O3/c1-2-31(42)39-17-14-26(15-18-39)40-20-24(21-40)8-13-30-32(25-9-11-29(12-10-25)44-28-6-4-3-5-7-28)33-34(36)37-23-38-35(33)41(30)27-16-19-43-22-27/h2-7,9-12,23-24,26-27H,1,14-22H2,(H2,36,37,38)/t27-/m1/s1. The fraction of sp³-hybridized carbons (Fsp3) is 0.343. The molecule has 7 rings (SSSR count). The number of likely N-dealkylation sites (tertiary alicyclic amines) is 2. The second-order valence-electron chi connectivity index (χ2n) is 11.7. The molecule has 0 radical (unpaired) electrons. The highest BCUT2D eigenvalue weighted by molar-refractivity contribution is 6.03. The number of ether oxygens (including phenoxy) is 2. The van der Waals surface area contributed by atoms with Gasteiger partial charge in [0.25, 0.3) is 0 Å². The van der Waals surface area contributed by atoms with Crippen molar-refractivity contribution in [1.29, 1.82) is 0 Å². The summed E-state index contributed by atoms with van der Waals surface area (Å²) in [5.41, 5.74) is 10.1. The van der Waals surface area contributed by atoms with Crippen molar-refractivity contribution in [1.82, 2.24) is 24.3 Å². The number of nitrogens with two attached hydrogens (primary N) is 1. The maximum atomic E-state index is 12.0. The van der Waals surface area contributed by atoms with Crippen LogP contribution in [0.1, 0.15) is 31.0 Å². The highest BCUT2D eigenvalue weighted by Gasteiger charge is 2.34. The van der Waals surface area contributed by atoms with E-state index in [0.29, 0.717) is 25.1 Å². The zero-order chi connectivity index (χ0) is 30.0. The van der Waals surface area contributed by atoms with Crippen molar-refractivity contribution in [2.24, 2.45) is 5.92 Å². The number of carbonyl (C=O) groups excluding carboxylic acids is 1. The first kappa shape index (κ1) is 28.1. The molecule has 3 aliphatic heterocycles. The molecule has 0 unspecified atom stereocenters. The molecule has 224 valence electrons. The Balaban J connectivity index is 1.18. The third-order valence-electron chi connectivity index (χ3n) is 8.98. The molecule has 5 heterocycles. The van der Waals surface area contributed by atoms with Crippen LogP contribution < -0.4 is 10.5 Å². The Morgan fingerprint density at radius 3 is 2.45 bits per heavy atom. The van der Waals surface area contributed by atoms with Crippen molar-refractivity contribution < 1.29 is 14.3 Å². The number of para-hydroxylation sites is 1. The van der Waals surface area contributed by atoms with Crippen LogP contribution in [-0.2, 0) is 9.53 Å². The number of benzene rings is 2. The van der Waals surface area contributed by atoms with Crippen molar-refractivity contribution in [3.8, 4) is 34.5 Å². The molecular weight excluding hydrogens is 552 g/mol. The summed E-state index contributed by atoms with van der Waals surface area (Å²) in [6, 6.07) is 18.4. The number of nitrogen functional groups attached to an aromatic ring is 1. The molecular formula is C35H36N6O3. The smallest absolute Gasteiger partial charge is 0.245 e. The number of fused-ring (bicyclic) bond motifs is 1. The maximum absolute atomic E-state index is 12.0. The fourth-order valence-electron chi connectivity index (χ4n) is 6.61. The van der Waals surface area contributed by atoms with E-state index in [1.165, 1.54) is 12.4 Å². The van der Waals surface area contributed by atoms with Crippen molar-refractivity contribution in [2.75, 3.05) is 45.1 Å². The summed E-state index contributed by atoms with van der Waals surface area (Å²) in [5, 5.41) is 0.816. The Hall–Kier alpha value is -4.65. The van der Waals surface area contributed by atoms with Crippen molar-refractivity contribution >= 4 is 22.8 Å². The molecule has 3 aliphatic rings. The molecule has 1 amide bonds. The van der Waals surface area contributed by atoms with E-state index in [2.05, 4.69) is 45.0 Å². The molecule has 2 aromatic carbocycles. The van der Waals surface area contributed by atoms with Gasteiger partial charge in [0.05, 0.1) is 18.0 Å². The Kier molecular flexibility index (Phi) is 7.77. The van der Waals surface area contributed by atoms with Gasteiger partial charge in [-0.05, 0) is 61.1 Å².